The van der Waals surface area contributed by atoms with Gasteiger partial charge in [0.1, 0.15) is 6.17 Å². The predicted molar refractivity (Wildman–Crippen MR) is 134 cm³/mol. The Labute approximate surface area is 227 Å². The lowest BCUT2D eigenvalue weighted by molar-refractivity contribution is -0.143. The summed E-state index contributed by atoms with van der Waals surface area (Å²) < 4.78 is 95.5. The molecular weight excluding hydrogens is 565 g/mol. The lowest BCUT2D eigenvalue weighted by Gasteiger charge is -2.36. The fourth-order valence-corrected chi connectivity index (χ4v) is 5.77. The van der Waals surface area contributed by atoms with Crippen molar-refractivity contribution in [1.29, 1.82) is 0 Å². The second-order valence-corrected chi connectivity index (χ2v) is 10.7. The third kappa shape index (κ3) is 5.46. The Morgan fingerprint density at radius 2 is 1.80 bits per heavy atom. The highest BCUT2D eigenvalue weighted by Crippen LogP contribution is 2.39. The number of halogens is 7. The molecule has 1 aromatic heterocycles. The van der Waals surface area contributed by atoms with E-state index in [9.17, 15) is 40.3 Å². The van der Waals surface area contributed by atoms with Gasteiger partial charge in [-0.05, 0) is 66.7 Å². The van der Waals surface area contributed by atoms with Gasteiger partial charge < -0.3 is 4.90 Å². The zero-order valence-corrected chi connectivity index (χ0v) is 21.6. The van der Waals surface area contributed by atoms with Crippen LogP contribution < -0.4 is 0 Å². The summed E-state index contributed by atoms with van der Waals surface area (Å²) >= 11 is 0.703. The van der Waals surface area contributed by atoms with Crippen LogP contribution in [0, 0.1) is 0 Å². The molecule has 3 heterocycles. The molecule has 0 unspecified atom stereocenters. The molecular formula is C26H21F7N4O2S. The molecule has 0 N–H and O–H groups in total. The molecule has 0 spiro atoms. The van der Waals surface area contributed by atoms with E-state index in [0.717, 1.165) is 11.0 Å². The Balaban J connectivity index is 1.39. The zero-order chi connectivity index (χ0) is 29.0. The number of carbonyl (C=O) groups excluding carboxylic acids is 2. The zero-order valence-electron chi connectivity index (χ0n) is 20.8. The first-order valence-corrected chi connectivity index (χ1v) is 12.9. The summed E-state index contributed by atoms with van der Waals surface area (Å²) in [6.07, 6.45) is -8.13. The largest absolute Gasteiger partial charge is 0.416 e. The molecule has 2 saturated heterocycles. The average molecular weight is 587 g/mol. The fraction of sp³-hybridized carbons (Fsp3) is 0.346. The minimum absolute atomic E-state index is 0.0862. The van der Waals surface area contributed by atoms with Crippen LogP contribution in [0.4, 0.5) is 35.5 Å². The lowest BCUT2D eigenvalue weighted by Crippen LogP contribution is -2.52. The number of aromatic nitrogens is 2. The van der Waals surface area contributed by atoms with E-state index in [1.54, 1.807) is 30.1 Å². The van der Waals surface area contributed by atoms with Crippen LogP contribution in [0.1, 0.15) is 28.7 Å². The van der Waals surface area contributed by atoms with Gasteiger partial charge in [-0.25, -0.2) is 4.39 Å². The van der Waals surface area contributed by atoms with Crippen LogP contribution in [-0.2, 0) is 23.7 Å². The van der Waals surface area contributed by atoms with Crippen molar-refractivity contribution in [3.8, 4) is 0 Å². The van der Waals surface area contributed by atoms with Gasteiger partial charge in [0.2, 0.25) is 0 Å². The summed E-state index contributed by atoms with van der Waals surface area (Å²) in [5, 5.41) is 4.04. The molecule has 5 rings (SSSR count). The number of benzene rings is 2. The number of alkyl halides is 7. The van der Waals surface area contributed by atoms with Crippen LogP contribution in [-0.4, -0.2) is 63.1 Å². The van der Waals surface area contributed by atoms with Gasteiger partial charge in [0, 0.05) is 18.5 Å². The quantitative estimate of drug-likeness (QED) is 0.269. The van der Waals surface area contributed by atoms with Crippen LogP contribution >= 0.6 is 11.8 Å². The third-order valence-corrected chi connectivity index (χ3v) is 7.78. The molecule has 2 amide bonds. The number of nitrogens with zero attached hydrogens (tertiary/aromatic N) is 4. The molecule has 40 heavy (non-hydrogen) atoms. The van der Waals surface area contributed by atoms with E-state index in [4.69, 9.17) is 0 Å². The third-order valence-electron chi connectivity index (χ3n) is 6.89. The monoisotopic (exact) mass is 586 g/mol. The molecule has 2 fully saturated rings. The number of fused-ring (bicyclic) bond motifs is 1. The van der Waals surface area contributed by atoms with Crippen LogP contribution in [0.15, 0.2) is 47.5 Å². The van der Waals surface area contributed by atoms with Crippen molar-refractivity contribution in [2.45, 2.75) is 37.5 Å². The molecule has 14 heteroatoms. The first kappa shape index (κ1) is 28.1. The lowest BCUT2D eigenvalue weighted by atomic mass is 10.0. The van der Waals surface area contributed by atoms with Crippen molar-refractivity contribution >= 4 is 39.9 Å². The smallest absolute Gasteiger partial charge is 0.303 e. The summed E-state index contributed by atoms with van der Waals surface area (Å²) in [5.41, 5.74) is -2.28. The number of amides is 2. The molecule has 0 aliphatic carbocycles. The average Bonchev–Trinajstić information content (AvgIpc) is 3.37. The van der Waals surface area contributed by atoms with E-state index in [2.05, 4.69) is 5.10 Å². The van der Waals surface area contributed by atoms with Gasteiger partial charge in [0.05, 0.1) is 40.3 Å². The summed E-state index contributed by atoms with van der Waals surface area (Å²) in [7, 11) is 1.76. The van der Waals surface area contributed by atoms with E-state index >= 15 is 0 Å². The Bertz CT molecular complexity index is 1510. The van der Waals surface area contributed by atoms with Crippen molar-refractivity contribution in [3.63, 3.8) is 0 Å². The van der Waals surface area contributed by atoms with Crippen molar-refractivity contribution in [1.82, 2.24) is 19.6 Å². The SMILES string of the molecule is CN1CC[C@H](N2C(=O)SC(=Cc3ccc4c(cnn4Cc4ccc(C(F)(F)F)cc4C(F)(F)F)c3)C2=O)[C@@H](F)C1. The number of likely N-dealkylation sites (tertiary alicyclic amines) is 1. The molecule has 2 aliphatic heterocycles. The first-order chi connectivity index (χ1) is 18.7. The molecule has 2 aromatic carbocycles. The summed E-state index contributed by atoms with van der Waals surface area (Å²) in [6.45, 7) is 0.224. The van der Waals surface area contributed by atoms with E-state index < -0.39 is 53.4 Å². The molecule has 0 saturated carbocycles. The van der Waals surface area contributed by atoms with E-state index in [0.29, 0.717) is 47.3 Å². The normalized spacial score (nSPS) is 22.2. The maximum Gasteiger partial charge on any atom is 0.416 e. The number of thioether (sulfide) groups is 1. The van der Waals surface area contributed by atoms with E-state index in [-0.39, 0.29) is 23.1 Å². The van der Waals surface area contributed by atoms with Crippen molar-refractivity contribution in [2.24, 2.45) is 0 Å². The number of carbonyl (C=O) groups is 2. The number of hydrogen-bond donors (Lipinski definition) is 0. The van der Waals surface area contributed by atoms with Crippen molar-refractivity contribution < 1.29 is 40.3 Å². The number of hydrogen-bond acceptors (Lipinski definition) is 5. The number of imide groups is 1. The number of piperidine rings is 1. The van der Waals surface area contributed by atoms with Gasteiger partial charge in [0.15, 0.2) is 0 Å². The predicted octanol–water partition coefficient (Wildman–Crippen LogP) is 6.20. The van der Waals surface area contributed by atoms with Crippen LogP contribution in [0.5, 0.6) is 0 Å². The Morgan fingerprint density at radius 1 is 1.05 bits per heavy atom. The Hall–Kier alpha value is -3.39. The van der Waals surface area contributed by atoms with Gasteiger partial charge in [-0.15, -0.1) is 0 Å². The van der Waals surface area contributed by atoms with Gasteiger partial charge in [-0.1, -0.05) is 12.1 Å². The van der Waals surface area contributed by atoms with Crippen molar-refractivity contribution in [3.05, 3.63) is 69.8 Å². The Kier molecular flexibility index (Phi) is 7.19. The second kappa shape index (κ2) is 10.2. The molecule has 0 radical (unpaired) electrons. The van der Waals surface area contributed by atoms with E-state index in [1.165, 1.54) is 17.0 Å². The fourth-order valence-electron chi connectivity index (χ4n) is 4.89. The molecule has 6 nitrogen and oxygen atoms in total. The van der Waals surface area contributed by atoms with Gasteiger partial charge >= 0.3 is 12.4 Å². The highest BCUT2D eigenvalue weighted by molar-refractivity contribution is 8.18. The van der Waals surface area contributed by atoms with E-state index in [1.807, 2.05) is 0 Å². The van der Waals surface area contributed by atoms with Gasteiger partial charge in [0.25, 0.3) is 11.1 Å². The highest BCUT2D eigenvalue weighted by Gasteiger charge is 2.44. The highest BCUT2D eigenvalue weighted by atomic mass is 32.2. The maximum atomic E-state index is 14.6. The van der Waals surface area contributed by atoms with Crippen LogP contribution in [0.3, 0.4) is 0 Å². The molecule has 2 aliphatic rings. The molecule has 212 valence electrons. The molecule has 3 aromatic rings. The topological polar surface area (TPSA) is 58.4 Å². The minimum atomic E-state index is -5.01. The Morgan fingerprint density at radius 3 is 2.48 bits per heavy atom. The van der Waals surface area contributed by atoms with Crippen LogP contribution in [0.2, 0.25) is 0 Å². The number of rotatable bonds is 4. The first-order valence-electron chi connectivity index (χ1n) is 12.0. The summed E-state index contributed by atoms with van der Waals surface area (Å²) in [4.78, 5) is 28.4. The summed E-state index contributed by atoms with van der Waals surface area (Å²) in [6, 6.07) is 5.35. The molecule has 0 bridgehead atoms. The van der Waals surface area contributed by atoms with Crippen molar-refractivity contribution in [2.75, 3.05) is 20.1 Å². The van der Waals surface area contributed by atoms with Gasteiger partial charge in [-0.2, -0.15) is 31.4 Å². The molecule has 2 atom stereocenters. The van der Waals surface area contributed by atoms with Crippen LogP contribution in [0.25, 0.3) is 17.0 Å². The standard InChI is InChI=1S/C26H21F7N4O2S/c1-35-7-6-21(19(27)13-35)37-23(38)22(40-24(37)39)9-14-2-5-20-16(8-14)11-34-36(20)12-15-3-4-17(25(28,29)30)10-18(15)26(31,32)33/h2-5,8-11,19,21H,6-7,12-13H2,1H3/t19-,21-/m0/s1. The minimum Gasteiger partial charge on any atom is -0.303 e. The van der Waals surface area contributed by atoms with Gasteiger partial charge in [-0.3, -0.25) is 19.2 Å². The second-order valence-electron chi connectivity index (χ2n) is 9.67. The summed E-state index contributed by atoms with van der Waals surface area (Å²) in [5.74, 6) is -0.593. The maximum absolute atomic E-state index is 14.6.